The van der Waals surface area contributed by atoms with Crippen LogP contribution in [0.2, 0.25) is 0 Å². The molecule has 1 atom stereocenters. The van der Waals surface area contributed by atoms with E-state index in [1.165, 1.54) is 13.1 Å². The molecule has 2 N–H and O–H groups in total. The SMILES string of the molecule is Cc1ccc(NCCC(C)N2CCNCC2)o1. The van der Waals surface area contributed by atoms with E-state index >= 15 is 0 Å². The van der Waals surface area contributed by atoms with E-state index < -0.39 is 0 Å². The maximum atomic E-state index is 5.48. The molecule has 0 aromatic carbocycles. The van der Waals surface area contributed by atoms with Crippen molar-refractivity contribution in [1.82, 2.24) is 10.2 Å². The standard InChI is InChI=1S/C13H23N3O/c1-11(16-9-7-14-8-10-16)5-6-15-13-4-3-12(2)17-13/h3-4,11,14-15H,5-10H2,1-2H3. The van der Waals surface area contributed by atoms with Crippen molar-refractivity contribution in [2.75, 3.05) is 38.0 Å². The van der Waals surface area contributed by atoms with Crippen molar-refractivity contribution in [1.29, 1.82) is 0 Å². The van der Waals surface area contributed by atoms with E-state index in [0.29, 0.717) is 6.04 Å². The molecule has 2 rings (SSSR count). The van der Waals surface area contributed by atoms with Crippen LogP contribution in [0.15, 0.2) is 16.5 Å². The molecule has 0 aliphatic carbocycles. The van der Waals surface area contributed by atoms with Gasteiger partial charge in [-0.2, -0.15) is 0 Å². The lowest BCUT2D eigenvalue weighted by atomic mass is 10.2. The Labute approximate surface area is 103 Å². The second-order valence-electron chi connectivity index (χ2n) is 4.76. The van der Waals surface area contributed by atoms with Crippen molar-refractivity contribution < 1.29 is 4.42 Å². The molecule has 4 heteroatoms. The number of anilines is 1. The van der Waals surface area contributed by atoms with Crippen molar-refractivity contribution in [2.45, 2.75) is 26.3 Å². The van der Waals surface area contributed by atoms with E-state index in [1.807, 2.05) is 19.1 Å². The van der Waals surface area contributed by atoms with Crippen LogP contribution in [-0.2, 0) is 0 Å². The van der Waals surface area contributed by atoms with Gasteiger partial charge < -0.3 is 15.1 Å². The quantitative estimate of drug-likeness (QED) is 0.817. The molecule has 0 saturated carbocycles. The van der Waals surface area contributed by atoms with Gasteiger partial charge >= 0.3 is 0 Å². The number of hydrogen-bond donors (Lipinski definition) is 2. The number of aryl methyl sites for hydroxylation is 1. The molecule has 1 unspecified atom stereocenters. The molecule has 1 aliphatic heterocycles. The largest absolute Gasteiger partial charge is 0.446 e. The minimum Gasteiger partial charge on any atom is -0.446 e. The zero-order valence-electron chi connectivity index (χ0n) is 10.8. The van der Waals surface area contributed by atoms with Gasteiger partial charge in [-0.05, 0) is 26.3 Å². The summed E-state index contributed by atoms with van der Waals surface area (Å²) in [6, 6.07) is 4.62. The maximum Gasteiger partial charge on any atom is 0.193 e. The summed E-state index contributed by atoms with van der Waals surface area (Å²) in [4.78, 5) is 2.55. The highest BCUT2D eigenvalue weighted by molar-refractivity contribution is 5.31. The molecule has 4 nitrogen and oxygen atoms in total. The number of hydrogen-bond acceptors (Lipinski definition) is 4. The molecule has 1 aliphatic rings. The highest BCUT2D eigenvalue weighted by Crippen LogP contribution is 2.12. The fourth-order valence-electron chi connectivity index (χ4n) is 2.24. The Morgan fingerprint density at radius 3 is 2.82 bits per heavy atom. The van der Waals surface area contributed by atoms with Gasteiger partial charge in [0.25, 0.3) is 0 Å². The molecular weight excluding hydrogens is 214 g/mol. The van der Waals surface area contributed by atoms with Crippen LogP contribution in [0.5, 0.6) is 0 Å². The Bertz CT molecular complexity index is 331. The first-order valence-electron chi connectivity index (χ1n) is 6.51. The predicted octanol–water partition coefficient (Wildman–Crippen LogP) is 1.68. The second kappa shape index (κ2) is 6.07. The zero-order valence-corrected chi connectivity index (χ0v) is 10.8. The van der Waals surface area contributed by atoms with Gasteiger partial charge in [0.1, 0.15) is 5.76 Å². The number of nitrogens with zero attached hydrogens (tertiary/aromatic N) is 1. The molecular formula is C13H23N3O. The highest BCUT2D eigenvalue weighted by atomic mass is 16.4. The lowest BCUT2D eigenvalue weighted by Crippen LogP contribution is -2.47. The maximum absolute atomic E-state index is 5.48. The van der Waals surface area contributed by atoms with Crippen LogP contribution in [0.3, 0.4) is 0 Å². The minimum atomic E-state index is 0.639. The summed E-state index contributed by atoms with van der Waals surface area (Å²) in [5.74, 6) is 1.85. The van der Waals surface area contributed by atoms with Crippen LogP contribution in [-0.4, -0.2) is 43.7 Å². The summed E-state index contributed by atoms with van der Waals surface area (Å²) in [5, 5.41) is 6.71. The lowest BCUT2D eigenvalue weighted by Gasteiger charge is -2.32. The van der Waals surface area contributed by atoms with Crippen molar-refractivity contribution in [3.63, 3.8) is 0 Å². The fraction of sp³-hybridized carbons (Fsp3) is 0.692. The number of rotatable bonds is 5. The Morgan fingerprint density at radius 1 is 1.41 bits per heavy atom. The average molecular weight is 237 g/mol. The Kier molecular flexibility index (Phi) is 4.45. The van der Waals surface area contributed by atoms with Crippen molar-refractivity contribution in [3.05, 3.63) is 17.9 Å². The van der Waals surface area contributed by atoms with Gasteiger partial charge in [-0.25, -0.2) is 0 Å². The Morgan fingerprint density at radius 2 is 2.18 bits per heavy atom. The molecule has 1 aromatic rings. The number of nitrogens with one attached hydrogen (secondary N) is 2. The molecule has 0 spiro atoms. The van der Waals surface area contributed by atoms with Crippen LogP contribution in [0, 0.1) is 6.92 Å². The molecule has 17 heavy (non-hydrogen) atoms. The summed E-state index contributed by atoms with van der Waals surface area (Å²) in [5.41, 5.74) is 0. The summed E-state index contributed by atoms with van der Waals surface area (Å²) >= 11 is 0. The molecule has 0 bridgehead atoms. The molecule has 1 aromatic heterocycles. The Hall–Kier alpha value is -1.00. The van der Waals surface area contributed by atoms with Gasteiger partial charge in [0.15, 0.2) is 5.88 Å². The lowest BCUT2D eigenvalue weighted by molar-refractivity contribution is 0.179. The molecule has 1 saturated heterocycles. The van der Waals surface area contributed by atoms with E-state index in [2.05, 4.69) is 22.5 Å². The van der Waals surface area contributed by atoms with Gasteiger partial charge in [-0.3, -0.25) is 4.90 Å². The zero-order chi connectivity index (χ0) is 12.1. The van der Waals surface area contributed by atoms with Crippen molar-refractivity contribution in [2.24, 2.45) is 0 Å². The van der Waals surface area contributed by atoms with Crippen molar-refractivity contribution in [3.8, 4) is 0 Å². The minimum absolute atomic E-state index is 0.639. The normalized spacial score (nSPS) is 19.2. The third-order valence-corrected chi connectivity index (χ3v) is 3.38. The molecule has 0 radical (unpaired) electrons. The molecule has 0 amide bonds. The first kappa shape index (κ1) is 12.5. The topological polar surface area (TPSA) is 40.4 Å². The van der Waals surface area contributed by atoms with Crippen molar-refractivity contribution >= 4 is 5.88 Å². The van der Waals surface area contributed by atoms with E-state index in [0.717, 1.165) is 37.7 Å². The first-order valence-corrected chi connectivity index (χ1v) is 6.51. The van der Waals surface area contributed by atoms with Gasteiger partial charge in [-0.1, -0.05) is 0 Å². The third kappa shape index (κ3) is 3.75. The summed E-state index contributed by atoms with van der Waals surface area (Å²) in [6.07, 6.45) is 1.15. The smallest absolute Gasteiger partial charge is 0.193 e. The van der Waals surface area contributed by atoms with Crippen LogP contribution in [0.25, 0.3) is 0 Å². The van der Waals surface area contributed by atoms with Crippen LogP contribution in [0.1, 0.15) is 19.1 Å². The van der Waals surface area contributed by atoms with Gasteiger partial charge in [-0.15, -0.1) is 0 Å². The van der Waals surface area contributed by atoms with Crippen LogP contribution < -0.4 is 10.6 Å². The third-order valence-electron chi connectivity index (χ3n) is 3.38. The van der Waals surface area contributed by atoms with E-state index in [9.17, 15) is 0 Å². The van der Waals surface area contributed by atoms with E-state index in [-0.39, 0.29) is 0 Å². The monoisotopic (exact) mass is 237 g/mol. The van der Waals surface area contributed by atoms with Gasteiger partial charge in [0.2, 0.25) is 0 Å². The van der Waals surface area contributed by atoms with Gasteiger partial charge in [0, 0.05) is 44.8 Å². The highest BCUT2D eigenvalue weighted by Gasteiger charge is 2.15. The average Bonchev–Trinajstić information content (AvgIpc) is 2.76. The second-order valence-corrected chi connectivity index (χ2v) is 4.76. The van der Waals surface area contributed by atoms with Crippen LogP contribution >= 0.6 is 0 Å². The fourth-order valence-corrected chi connectivity index (χ4v) is 2.24. The van der Waals surface area contributed by atoms with Gasteiger partial charge in [0.05, 0.1) is 0 Å². The summed E-state index contributed by atoms with van der Waals surface area (Å²) in [7, 11) is 0. The number of piperazine rings is 1. The summed E-state index contributed by atoms with van der Waals surface area (Å²) < 4.78 is 5.48. The Balaban J connectivity index is 1.67. The molecule has 2 heterocycles. The predicted molar refractivity (Wildman–Crippen MR) is 70.5 cm³/mol. The molecule has 96 valence electrons. The summed E-state index contributed by atoms with van der Waals surface area (Å²) in [6.45, 7) is 9.82. The van der Waals surface area contributed by atoms with Crippen LogP contribution in [0.4, 0.5) is 5.88 Å². The first-order chi connectivity index (χ1) is 8.25. The van der Waals surface area contributed by atoms with E-state index in [1.54, 1.807) is 0 Å². The van der Waals surface area contributed by atoms with E-state index in [4.69, 9.17) is 4.42 Å². The number of furan rings is 1. The molecule has 1 fully saturated rings.